The Kier molecular flexibility index (Phi) is 4.99. The first-order valence-corrected chi connectivity index (χ1v) is 8.44. The van der Waals surface area contributed by atoms with Crippen molar-refractivity contribution in [3.05, 3.63) is 33.9 Å². The van der Waals surface area contributed by atoms with Crippen LogP contribution in [0, 0.1) is 17.0 Å². The van der Waals surface area contributed by atoms with Gasteiger partial charge in [0, 0.05) is 36.8 Å². The van der Waals surface area contributed by atoms with Gasteiger partial charge < -0.3 is 15.0 Å². The molecule has 1 aliphatic carbocycles. The number of amides is 1. The highest BCUT2D eigenvalue weighted by Gasteiger charge is 2.32. The van der Waals surface area contributed by atoms with Gasteiger partial charge in [0.25, 0.3) is 11.6 Å². The molecule has 3 rings (SSSR count). The lowest BCUT2D eigenvalue weighted by Gasteiger charge is -2.32. The van der Waals surface area contributed by atoms with E-state index in [2.05, 4.69) is 10.2 Å². The van der Waals surface area contributed by atoms with E-state index in [1.165, 1.54) is 25.0 Å². The summed E-state index contributed by atoms with van der Waals surface area (Å²) in [5.41, 5.74) is 0.569. The van der Waals surface area contributed by atoms with E-state index in [1.54, 1.807) is 13.0 Å². The number of nitrogens with one attached hydrogen (secondary N) is 1. The molecule has 1 heterocycles. The zero-order valence-electron chi connectivity index (χ0n) is 13.9. The van der Waals surface area contributed by atoms with E-state index in [0.717, 1.165) is 32.0 Å². The van der Waals surface area contributed by atoms with Crippen LogP contribution in [0.4, 0.5) is 5.69 Å². The van der Waals surface area contributed by atoms with E-state index in [9.17, 15) is 14.9 Å². The molecule has 1 aromatic rings. The van der Waals surface area contributed by atoms with Crippen molar-refractivity contribution >= 4 is 11.6 Å². The molecule has 2 fully saturated rings. The molecule has 2 aliphatic rings. The van der Waals surface area contributed by atoms with E-state index >= 15 is 0 Å². The third-order valence-corrected chi connectivity index (χ3v) is 4.69. The van der Waals surface area contributed by atoms with Crippen LogP contribution >= 0.6 is 0 Å². The minimum atomic E-state index is -0.431. The number of piperidine rings is 1. The summed E-state index contributed by atoms with van der Waals surface area (Å²) >= 11 is 0. The summed E-state index contributed by atoms with van der Waals surface area (Å²) in [4.78, 5) is 24.9. The molecule has 1 saturated carbocycles. The predicted molar refractivity (Wildman–Crippen MR) is 89.1 cm³/mol. The largest absolute Gasteiger partial charge is 0.484 e. The monoisotopic (exact) mass is 333 g/mol. The molecule has 130 valence electrons. The second-order valence-corrected chi connectivity index (χ2v) is 6.60. The number of aryl methyl sites for hydroxylation is 1. The lowest BCUT2D eigenvalue weighted by atomic mass is 10.0. The Labute approximate surface area is 141 Å². The van der Waals surface area contributed by atoms with Gasteiger partial charge in [-0.25, -0.2) is 0 Å². The summed E-state index contributed by atoms with van der Waals surface area (Å²) in [6, 6.07) is 5.51. The molecular formula is C17H23N3O4. The van der Waals surface area contributed by atoms with Gasteiger partial charge in [0.2, 0.25) is 0 Å². The first-order chi connectivity index (χ1) is 11.5. The fourth-order valence-electron chi connectivity index (χ4n) is 3.19. The Morgan fingerprint density at radius 3 is 2.62 bits per heavy atom. The molecule has 1 aromatic carbocycles. The van der Waals surface area contributed by atoms with Crippen molar-refractivity contribution in [3.63, 3.8) is 0 Å². The maximum Gasteiger partial charge on any atom is 0.272 e. The first-order valence-electron chi connectivity index (χ1n) is 8.44. The molecule has 0 spiro atoms. The molecule has 0 unspecified atom stereocenters. The Balaban J connectivity index is 1.42. The van der Waals surface area contributed by atoms with Crippen LogP contribution in [0.25, 0.3) is 0 Å². The smallest absolute Gasteiger partial charge is 0.272 e. The number of likely N-dealkylation sites (tertiary alicyclic amines) is 1. The highest BCUT2D eigenvalue weighted by molar-refractivity contribution is 5.77. The van der Waals surface area contributed by atoms with Crippen molar-refractivity contribution in [2.24, 2.45) is 0 Å². The number of hydrogen-bond donors (Lipinski definition) is 1. The van der Waals surface area contributed by atoms with Gasteiger partial charge in [0.1, 0.15) is 5.75 Å². The standard InChI is InChI=1S/C17H23N3O4/c1-12-10-15(4-5-16(12)20(22)23)24-11-17(21)18-13-6-8-19(9-7-13)14-2-3-14/h4-5,10,13-14H,2-3,6-9,11H2,1H3,(H,18,21). The van der Waals surface area contributed by atoms with Crippen molar-refractivity contribution < 1.29 is 14.5 Å². The molecule has 7 heteroatoms. The van der Waals surface area contributed by atoms with Crippen LogP contribution in [0.15, 0.2) is 18.2 Å². The van der Waals surface area contributed by atoms with Crippen molar-refractivity contribution in [1.82, 2.24) is 10.2 Å². The van der Waals surface area contributed by atoms with E-state index in [0.29, 0.717) is 11.3 Å². The van der Waals surface area contributed by atoms with Gasteiger partial charge in [-0.1, -0.05) is 0 Å². The lowest BCUT2D eigenvalue weighted by Crippen LogP contribution is -2.46. The quantitative estimate of drug-likeness (QED) is 0.636. The summed E-state index contributed by atoms with van der Waals surface area (Å²) in [6.07, 6.45) is 4.61. The Morgan fingerprint density at radius 1 is 1.33 bits per heavy atom. The average molecular weight is 333 g/mol. The molecule has 1 amide bonds. The number of nitro benzene ring substituents is 1. The maximum atomic E-state index is 12.0. The van der Waals surface area contributed by atoms with Gasteiger partial charge in [-0.15, -0.1) is 0 Å². The fraction of sp³-hybridized carbons (Fsp3) is 0.588. The number of carbonyl (C=O) groups excluding carboxylic acids is 1. The van der Waals surface area contributed by atoms with E-state index in [4.69, 9.17) is 4.74 Å². The van der Waals surface area contributed by atoms with Gasteiger partial charge in [-0.2, -0.15) is 0 Å². The SMILES string of the molecule is Cc1cc(OCC(=O)NC2CCN(C3CC3)CC2)ccc1[N+](=O)[O-]. The molecule has 0 atom stereocenters. The lowest BCUT2D eigenvalue weighted by molar-refractivity contribution is -0.385. The predicted octanol–water partition coefficient (Wildman–Crippen LogP) is 2.03. The number of benzene rings is 1. The summed E-state index contributed by atoms with van der Waals surface area (Å²) in [6.45, 7) is 3.69. The summed E-state index contributed by atoms with van der Waals surface area (Å²) in [5, 5.41) is 13.8. The second-order valence-electron chi connectivity index (χ2n) is 6.60. The number of hydrogen-bond acceptors (Lipinski definition) is 5. The van der Waals surface area contributed by atoms with Crippen LogP contribution in [-0.2, 0) is 4.79 Å². The molecule has 1 N–H and O–H groups in total. The van der Waals surface area contributed by atoms with Crippen LogP contribution in [-0.4, -0.2) is 47.5 Å². The molecule has 24 heavy (non-hydrogen) atoms. The van der Waals surface area contributed by atoms with Gasteiger partial charge in [-0.3, -0.25) is 14.9 Å². The zero-order chi connectivity index (χ0) is 17.1. The van der Waals surface area contributed by atoms with Crippen LogP contribution in [0.3, 0.4) is 0 Å². The normalized spacial score (nSPS) is 19.0. The van der Waals surface area contributed by atoms with Crippen molar-refractivity contribution in [2.45, 2.75) is 44.7 Å². The molecule has 7 nitrogen and oxygen atoms in total. The fourth-order valence-corrected chi connectivity index (χ4v) is 3.19. The second kappa shape index (κ2) is 7.17. The summed E-state index contributed by atoms with van der Waals surface area (Å²) in [5.74, 6) is 0.327. The topological polar surface area (TPSA) is 84.7 Å². The number of nitro groups is 1. The Bertz CT molecular complexity index is 622. The van der Waals surface area contributed by atoms with E-state index in [-0.39, 0.29) is 24.2 Å². The number of ether oxygens (including phenoxy) is 1. The van der Waals surface area contributed by atoms with E-state index in [1.807, 2.05) is 0 Å². The van der Waals surface area contributed by atoms with Crippen molar-refractivity contribution in [1.29, 1.82) is 0 Å². The zero-order valence-corrected chi connectivity index (χ0v) is 13.9. The van der Waals surface area contributed by atoms with Crippen LogP contribution in [0.1, 0.15) is 31.2 Å². The molecule has 0 aromatic heterocycles. The summed E-state index contributed by atoms with van der Waals surface area (Å²) < 4.78 is 5.45. The summed E-state index contributed by atoms with van der Waals surface area (Å²) in [7, 11) is 0. The van der Waals surface area contributed by atoms with Crippen LogP contribution in [0.5, 0.6) is 5.75 Å². The molecule has 1 aliphatic heterocycles. The molecule has 0 bridgehead atoms. The Morgan fingerprint density at radius 2 is 2.04 bits per heavy atom. The number of rotatable bonds is 6. The highest BCUT2D eigenvalue weighted by atomic mass is 16.6. The van der Waals surface area contributed by atoms with Gasteiger partial charge in [0.05, 0.1) is 4.92 Å². The minimum Gasteiger partial charge on any atom is -0.484 e. The van der Waals surface area contributed by atoms with Gasteiger partial charge in [-0.05, 0) is 44.7 Å². The third kappa shape index (κ3) is 4.23. The minimum absolute atomic E-state index is 0.0502. The van der Waals surface area contributed by atoms with E-state index < -0.39 is 4.92 Å². The van der Waals surface area contributed by atoms with Crippen molar-refractivity contribution in [2.75, 3.05) is 19.7 Å². The van der Waals surface area contributed by atoms with Gasteiger partial charge in [0.15, 0.2) is 6.61 Å². The van der Waals surface area contributed by atoms with Crippen LogP contribution in [0.2, 0.25) is 0 Å². The highest BCUT2D eigenvalue weighted by Crippen LogP contribution is 2.29. The van der Waals surface area contributed by atoms with Crippen LogP contribution < -0.4 is 10.1 Å². The average Bonchev–Trinajstić information content (AvgIpc) is 3.38. The maximum absolute atomic E-state index is 12.0. The molecule has 1 saturated heterocycles. The molecular weight excluding hydrogens is 310 g/mol. The Hall–Kier alpha value is -2.15. The number of carbonyl (C=O) groups is 1. The third-order valence-electron chi connectivity index (χ3n) is 4.69. The first kappa shape index (κ1) is 16.7. The van der Waals surface area contributed by atoms with Gasteiger partial charge >= 0.3 is 0 Å². The molecule has 0 radical (unpaired) electrons. The number of nitrogens with zero attached hydrogens (tertiary/aromatic N) is 2. The van der Waals surface area contributed by atoms with Crippen molar-refractivity contribution in [3.8, 4) is 5.75 Å².